The second-order valence-electron chi connectivity index (χ2n) is 4.12. The number of ether oxygens (including phenoxy) is 2. The van der Waals surface area contributed by atoms with Crippen molar-refractivity contribution in [1.29, 1.82) is 0 Å². The van der Waals surface area contributed by atoms with Gasteiger partial charge in [0.25, 0.3) is 0 Å². The van der Waals surface area contributed by atoms with E-state index in [1.807, 2.05) is 0 Å². The van der Waals surface area contributed by atoms with Gasteiger partial charge in [0, 0.05) is 14.2 Å². The molecule has 0 aromatic heterocycles. The first-order valence-corrected chi connectivity index (χ1v) is 7.45. The van der Waals surface area contributed by atoms with Gasteiger partial charge in [0.05, 0.1) is 6.61 Å². The van der Waals surface area contributed by atoms with E-state index in [1.54, 1.807) is 0 Å². The predicted molar refractivity (Wildman–Crippen MR) is 66.3 cm³/mol. The Kier molecular flexibility index (Phi) is 7.34. The molecule has 1 fully saturated rings. The smallest absolute Gasteiger partial charge is 0.387 e. The number of phosphoric acid groups is 1. The van der Waals surface area contributed by atoms with Gasteiger partial charge in [-0.3, -0.25) is 13.6 Å². The minimum atomic E-state index is -3.78. The zero-order valence-electron chi connectivity index (χ0n) is 11.5. The van der Waals surface area contributed by atoms with Crippen LogP contribution >= 0.6 is 7.82 Å². The maximum absolute atomic E-state index is 11.7. The van der Waals surface area contributed by atoms with Crippen molar-refractivity contribution in [3.63, 3.8) is 0 Å². The molecule has 0 radical (unpaired) electrons. The molecule has 0 aliphatic carbocycles. The molecule has 0 aromatic rings. The summed E-state index contributed by atoms with van der Waals surface area (Å²) in [5.41, 5.74) is 0. The zero-order valence-corrected chi connectivity index (χ0v) is 12.4. The molecule has 0 aromatic carbocycles. The van der Waals surface area contributed by atoms with Gasteiger partial charge in [0.1, 0.15) is 37.3 Å². The Morgan fingerprint density at radius 2 is 1.76 bits per heavy atom. The van der Waals surface area contributed by atoms with Crippen molar-refractivity contribution in [2.24, 2.45) is 0 Å². The number of carbonyl (C=O) groups excluding carboxylic acids is 1. The van der Waals surface area contributed by atoms with E-state index in [2.05, 4.69) is 9.05 Å². The minimum Gasteiger partial charge on any atom is -0.387 e. The number of aliphatic hydroxyl groups excluding tert-OH is 3. The van der Waals surface area contributed by atoms with E-state index in [9.17, 15) is 24.7 Å². The zero-order chi connectivity index (χ0) is 16.0. The van der Waals surface area contributed by atoms with E-state index < -0.39 is 45.1 Å². The number of hydrogen-bond donors (Lipinski definition) is 3. The molecule has 1 aliphatic rings. The van der Waals surface area contributed by atoms with Gasteiger partial charge in [-0.15, -0.1) is 0 Å². The molecule has 0 bridgehead atoms. The number of aliphatic hydroxyl groups is 3. The summed E-state index contributed by atoms with van der Waals surface area (Å²) in [6.45, 7) is -0.822. The molecule has 1 rings (SSSR count). The number of phosphoric ester groups is 1. The lowest BCUT2D eigenvalue weighted by atomic mass is 9.99. The third-order valence-electron chi connectivity index (χ3n) is 2.84. The van der Waals surface area contributed by atoms with Crippen LogP contribution in [-0.4, -0.2) is 79.7 Å². The van der Waals surface area contributed by atoms with Crippen LogP contribution < -0.4 is 0 Å². The van der Waals surface area contributed by atoms with Gasteiger partial charge in [-0.1, -0.05) is 0 Å². The Labute approximate surface area is 121 Å². The number of hydrogen-bond acceptors (Lipinski definition) is 10. The molecule has 124 valence electrons. The fourth-order valence-corrected chi connectivity index (χ4v) is 2.36. The molecular formula is C10H19O10P. The molecule has 1 saturated heterocycles. The lowest BCUT2D eigenvalue weighted by molar-refractivity contribution is -0.297. The SMILES string of the molecule is COP(=O)(OC)OCC1O[C@@H](OCC=O)C(O)[C@@H](O)[C@H]1O. The summed E-state index contributed by atoms with van der Waals surface area (Å²) in [7, 11) is -1.57. The number of rotatable bonds is 8. The van der Waals surface area contributed by atoms with Gasteiger partial charge in [-0.25, -0.2) is 4.57 Å². The lowest BCUT2D eigenvalue weighted by Crippen LogP contribution is -2.59. The highest BCUT2D eigenvalue weighted by Crippen LogP contribution is 2.47. The van der Waals surface area contributed by atoms with Crippen molar-refractivity contribution >= 4 is 14.1 Å². The first kappa shape index (κ1) is 18.6. The number of carbonyl (C=O) groups is 1. The van der Waals surface area contributed by atoms with Crippen LogP contribution in [0.4, 0.5) is 0 Å². The quantitative estimate of drug-likeness (QED) is 0.353. The van der Waals surface area contributed by atoms with Crippen LogP contribution in [0.15, 0.2) is 0 Å². The first-order valence-electron chi connectivity index (χ1n) is 5.99. The summed E-state index contributed by atoms with van der Waals surface area (Å²) in [6.07, 6.45) is -6.73. The summed E-state index contributed by atoms with van der Waals surface area (Å²) >= 11 is 0. The maximum Gasteiger partial charge on any atom is 0.474 e. The summed E-state index contributed by atoms with van der Waals surface area (Å²) < 4.78 is 35.7. The molecule has 0 saturated carbocycles. The molecule has 21 heavy (non-hydrogen) atoms. The summed E-state index contributed by atoms with van der Waals surface area (Å²) in [6, 6.07) is 0. The van der Waals surface area contributed by atoms with Crippen LogP contribution in [0.25, 0.3) is 0 Å². The number of aldehydes is 1. The third kappa shape index (κ3) is 4.78. The minimum absolute atomic E-state index is 0.368. The van der Waals surface area contributed by atoms with Gasteiger partial charge in [-0.05, 0) is 0 Å². The third-order valence-corrected chi connectivity index (χ3v) is 4.20. The van der Waals surface area contributed by atoms with Gasteiger partial charge in [-0.2, -0.15) is 0 Å². The van der Waals surface area contributed by atoms with E-state index in [-0.39, 0.29) is 6.61 Å². The Hall–Kier alpha value is -0.420. The molecule has 3 N–H and O–H groups in total. The van der Waals surface area contributed by atoms with Crippen molar-refractivity contribution in [2.75, 3.05) is 27.4 Å². The Morgan fingerprint density at radius 1 is 1.14 bits per heavy atom. The monoisotopic (exact) mass is 330 g/mol. The largest absolute Gasteiger partial charge is 0.474 e. The Balaban J connectivity index is 2.67. The van der Waals surface area contributed by atoms with Crippen LogP contribution in [0.3, 0.4) is 0 Å². The topological polar surface area (TPSA) is 141 Å². The van der Waals surface area contributed by atoms with Crippen molar-refractivity contribution in [3.05, 3.63) is 0 Å². The molecule has 1 heterocycles. The van der Waals surface area contributed by atoms with Crippen molar-refractivity contribution in [2.45, 2.75) is 30.7 Å². The molecular weight excluding hydrogens is 311 g/mol. The van der Waals surface area contributed by atoms with Crippen LogP contribution in [0.2, 0.25) is 0 Å². The van der Waals surface area contributed by atoms with Crippen LogP contribution in [0.1, 0.15) is 0 Å². The molecule has 0 spiro atoms. The van der Waals surface area contributed by atoms with E-state index in [0.29, 0.717) is 6.29 Å². The van der Waals surface area contributed by atoms with Gasteiger partial charge < -0.3 is 29.6 Å². The predicted octanol–water partition coefficient (Wildman–Crippen LogP) is -1.57. The maximum atomic E-state index is 11.7. The molecule has 11 heteroatoms. The second kappa shape index (κ2) is 8.28. The fourth-order valence-electron chi connectivity index (χ4n) is 1.67. The van der Waals surface area contributed by atoms with E-state index in [1.165, 1.54) is 0 Å². The van der Waals surface area contributed by atoms with Crippen LogP contribution in [-0.2, 0) is 32.4 Å². The summed E-state index contributed by atoms with van der Waals surface area (Å²) in [5.74, 6) is 0. The Morgan fingerprint density at radius 3 is 2.29 bits per heavy atom. The normalized spacial score (nSPS) is 33.9. The molecule has 0 amide bonds. The van der Waals surface area contributed by atoms with Gasteiger partial charge in [0.15, 0.2) is 6.29 Å². The van der Waals surface area contributed by atoms with Gasteiger partial charge >= 0.3 is 7.82 Å². The lowest BCUT2D eigenvalue weighted by Gasteiger charge is -2.39. The second-order valence-corrected chi connectivity index (χ2v) is 6.01. The molecule has 5 atom stereocenters. The highest BCUT2D eigenvalue weighted by Gasteiger charge is 2.45. The van der Waals surface area contributed by atoms with E-state index in [4.69, 9.17) is 14.0 Å². The van der Waals surface area contributed by atoms with Crippen molar-refractivity contribution in [3.8, 4) is 0 Å². The van der Waals surface area contributed by atoms with Crippen LogP contribution in [0, 0.1) is 0 Å². The summed E-state index contributed by atoms with van der Waals surface area (Å²) in [4.78, 5) is 10.2. The first-order chi connectivity index (χ1) is 9.88. The Bertz CT molecular complexity index is 369. The summed E-state index contributed by atoms with van der Waals surface area (Å²) in [5, 5.41) is 29.1. The van der Waals surface area contributed by atoms with Gasteiger partial charge in [0.2, 0.25) is 0 Å². The van der Waals surface area contributed by atoms with Crippen molar-refractivity contribution in [1.82, 2.24) is 0 Å². The average molecular weight is 330 g/mol. The van der Waals surface area contributed by atoms with E-state index in [0.717, 1.165) is 14.2 Å². The standard InChI is InChI=1S/C10H19O10P/c1-16-21(15,17-2)19-5-6-7(12)8(13)9(14)10(20-6)18-4-3-11/h3,6-10,12-14H,4-5H2,1-2H3/t6?,7-,8-,9?,10+/m0/s1. The highest BCUT2D eigenvalue weighted by atomic mass is 31.2. The fraction of sp³-hybridized carbons (Fsp3) is 0.900. The van der Waals surface area contributed by atoms with Crippen LogP contribution in [0.5, 0.6) is 0 Å². The highest BCUT2D eigenvalue weighted by molar-refractivity contribution is 7.48. The molecule has 2 unspecified atom stereocenters. The van der Waals surface area contributed by atoms with E-state index >= 15 is 0 Å². The molecule has 1 aliphatic heterocycles. The average Bonchev–Trinajstić information content (AvgIpc) is 2.50. The molecule has 10 nitrogen and oxygen atoms in total. The van der Waals surface area contributed by atoms with Crippen molar-refractivity contribution < 1.29 is 47.7 Å².